The van der Waals surface area contributed by atoms with Gasteiger partial charge in [0, 0.05) is 32.4 Å². The number of hydrogen-bond donors (Lipinski definition) is 4. The molecule has 24 heavy (non-hydrogen) atoms. The van der Waals surface area contributed by atoms with Crippen molar-refractivity contribution in [2.24, 2.45) is 17.5 Å². The van der Waals surface area contributed by atoms with E-state index < -0.39 is 11.0 Å². The van der Waals surface area contributed by atoms with Crippen molar-refractivity contribution in [1.29, 1.82) is 0 Å². The monoisotopic (exact) mass is 338 g/mol. The lowest BCUT2D eigenvalue weighted by atomic mass is 9.93. The number of aryl methyl sites for hydroxylation is 1. The third kappa shape index (κ3) is 5.52. The minimum Gasteiger partial charge on any atom is -0.383 e. The lowest BCUT2D eigenvalue weighted by Gasteiger charge is -2.25. The third-order valence-electron chi connectivity index (χ3n) is 3.75. The summed E-state index contributed by atoms with van der Waals surface area (Å²) in [4.78, 5) is 16.3. The summed E-state index contributed by atoms with van der Waals surface area (Å²) in [6, 6.07) is 0. The minimum atomic E-state index is -1.08. The second kappa shape index (κ2) is 8.14. The van der Waals surface area contributed by atoms with Gasteiger partial charge in [0.15, 0.2) is 5.96 Å². The summed E-state index contributed by atoms with van der Waals surface area (Å²) in [6.45, 7) is 8.63. The fourth-order valence-corrected chi connectivity index (χ4v) is 2.09. The summed E-state index contributed by atoms with van der Waals surface area (Å²) in [7, 11) is 3.42. The molecule has 0 fully saturated rings. The van der Waals surface area contributed by atoms with Crippen LogP contribution in [0.3, 0.4) is 0 Å². The summed E-state index contributed by atoms with van der Waals surface area (Å²) in [6.07, 6.45) is 3.42. The maximum Gasteiger partial charge on any atom is 0.227 e. The highest BCUT2D eigenvalue weighted by atomic mass is 16.3. The summed E-state index contributed by atoms with van der Waals surface area (Å²) >= 11 is 0. The molecule has 1 unspecified atom stereocenters. The molecule has 0 aromatic carbocycles. The van der Waals surface area contributed by atoms with Crippen LogP contribution in [0.2, 0.25) is 0 Å². The molecule has 0 radical (unpaired) electrons. The maximum atomic E-state index is 11.8. The van der Waals surface area contributed by atoms with Gasteiger partial charge in [0.1, 0.15) is 5.60 Å². The van der Waals surface area contributed by atoms with Gasteiger partial charge in [-0.05, 0) is 27.7 Å². The molecule has 1 amide bonds. The average Bonchev–Trinajstić information content (AvgIpc) is 2.96. The zero-order chi connectivity index (χ0) is 18.4. The van der Waals surface area contributed by atoms with E-state index in [1.165, 1.54) is 0 Å². The van der Waals surface area contributed by atoms with Gasteiger partial charge in [-0.15, -0.1) is 0 Å². The van der Waals surface area contributed by atoms with Gasteiger partial charge in [-0.3, -0.25) is 14.5 Å². The van der Waals surface area contributed by atoms with Gasteiger partial charge in [0.25, 0.3) is 0 Å². The van der Waals surface area contributed by atoms with Crippen molar-refractivity contribution in [3.63, 3.8) is 0 Å². The van der Waals surface area contributed by atoms with Gasteiger partial charge in [-0.2, -0.15) is 5.10 Å². The van der Waals surface area contributed by atoms with Crippen molar-refractivity contribution < 1.29 is 9.90 Å². The van der Waals surface area contributed by atoms with Gasteiger partial charge >= 0.3 is 0 Å². The molecule has 1 aromatic rings. The zero-order valence-electron chi connectivity index (χ0n) is 15.5. The Morgan fingerprint density at radius 3 is 2.54 bits per heavy atom. The standard InChI is InChI=1S/C16H30N6O2/c1-7-18-14(19-10-15(2,3)13(23)17-5)20-11-16(4,24)12-8-21-22(6)9-12/h8-9,24H,7,10-11H2,1-6H3,(H,17,23)(H2,18,19,20). The second-order valence-corrected chi connectivity index (χ2v) is 6.69. The first kappa shape index (κ1) is 20.0. The molecule has 0 saturated carbocycles. The Morgan fingerprint density at radius 2 is 2.04 bits per heavy atom. The van der Waals surface area contributed by atoms with E-state index in [0.717, 1.165) is 5.56 Å². The summed E-state index contributed by atoms with van der Waals surface area (Å²) in [5, 5.41) is 23.6. The molecule has 8 heteroatoms. The number of guanidine groups is 1. The number of carbonyl (C=O) groups excluding carboxylic acids is 1. The fraction of sp³-hybridized carbons (Fsp3) is 0.688. The molecular formula is C16H30N6O2. The SMILES string of the molecule is CCNC(=NCC(C)(C)C(=O)NC)NCC(C)(O)c1cnn(C)c1. The van der Waals surface area contributed by atoms with Crippen LogP contribution in [0, 0.1) is 5.41 Å². The number of aromatic nitrogens is 2. The van der Waals surface area contributed by atoms with Crippen molar-refractivity contribution in [2.75, 3.05) is 26.7 Å². The van der Waals surface area contributed by atoms with E-state index in [1.807, 2.05) is 20.8 Å². The molecule has 0 spiro atoms. The summed E-state index contributed by atoms with van der Waals surface area (Å²) in [5.41, 5.74) is -0.969. The highest BCUT2D eigenvalue weighted by molar-refractivity contribution is 5.83. The highest BCUT2D eigenvalue weighted by Gasteiger charge is 2.27. The number of rotatable bonds is 7. The van der Waals surface area contributed by atoms with Crippen molar-refractivity contribution >= 4 is 11.9 Å². The molecule has 1 atom stereocenters. The topological polar surface area (TPSA) is 104 Å². The summed E-state index contributed by atoms with van der Waals surface area (Å²) in [5.74, 6) is 0.489. The van der Waals surface area contributed by atoms with Crippen LogP contribution in [0.15, 0.2) is 17.4 Å². The fourth-order valence-electron chi connectivity index (χ4n) is 2.09. The normalized spacial score (nSPS) is 14.9. The molecule has 1 rings (SSSR count). The number of carbonyl (C=O) groups is 1. The maximum absolute atomic E-state index is 11.8. The highest BCUT2D eigenvalue weighted by Crippen LogP contribution is 2.18. The molecule has 0 aliphatic rings. The molecule has 0 bridgehead atoms. The molecule has 8 nitrogen and oxygen atoms in total. The van der Waals surface area contributed by atoms with Gasteiger partial charge in [-0.25, -0.2) is 0 Å². The van der Waals surface area contributed by atoms with Crippen LogP contribution in [-0.4, -0.2) is 53.4 Å². The third-order valence-corrected chi connectivity index (χ3v) is 3.75. The molecule has 1 aromatic heterocycles. The van der Waals surface area contributed by atoms with Crippen LogP contribution in [0.1, 0.15) is 33.3 Å². The average molecular weight is 338 g/mol. The molecule has 0 aliphatic heterocycles. The van der Waals surface area contributed by atoms with Crippen LogP contribution in [0.25, 0.3) is 0 Å². The quantitative estimate of drug-likeness (QED) is 0.412. The Labute approximate surface area is 143 Å². The van der Waals surface area contributed by atoms with E-state index in [0.29, 0.717) is 19.0 Å². The van der Waals surface area contributed by atoms with Gasteiger partial charge in [-0.1, -0.05) is 0 Å². The number of nitrogens with zero attached hydrogens (tertiary/aromatic N) is 3. The van der Waals surface area contributed by atoms with Crippen molar-refractivity contribution in [1.82, 2.24) is 25.7 Å². The number of nitrogens with one attached hydrogen (secondary N) is 3. The first-order valence-electron chi connectivity index (χ1n) is 8.08. The molecule has 4 N–H and O–H groups in total. The lowest BCUT2D eigenvalue weighted by molar-refractivity contribution is -0.128. The number of aliphatic imine (C=N–C) groups is 1. The van der Waals surface area contributed by atoms with E-state index in [1.54, 1.807) is 38.1 Å². The van der Waals surface area contributed by atoms with Crippen LogP contribution >= 0.6 is 0 Å². The van der Waals surface area contributed by atoms with Crippen LogP contribution in [-0.2, 0) is 17.4 Å². The molecular weight excluding hydrogens is 308 g/mol. The predicted octanol–water partition coefficient (Wildman–Crippen LogP) is -0.0451. The first-order chi connectivity index (χ1) is 11.1. The smallest absolute Gasteiger partial charge is 0.227 e. The number of aliphatic hydroxyl groups is 1. The Balaban J connectivity index is 2.75. The van der Waals surface area contributed by atoms with E-state index in [9.17, 15) is 9.90 Å². The molecule has 136 valence electrons. The van der Waals surface area contributed by atoms with E-state index in [4.69, 9.17) is 0 Å². The van der Waals surface area contributed by atoms with Crippen LogP contribution < -0.4 is 16.0 Å². The number of hydrogen-bond acceptors (Lipinski definition) is 4. The van der Waals surface area contributed by atoms with E-state index >= 15 is 0 Å². The largest absolute Gasteiger partial charge is 0.383 e. The van der Waals surface area contributed by atoms with Crippen molar-refractivity contribution in [3.05, 3.63) is 18.0 Å². The molecule has 0 saturated heterocycles. The Hall–Kier alpha value is -2.09. The zero-order valence-corrected chi connectivity index (χ0v) is 15.5. The van der Waals surface area contributed by atoms with Crippen LogP contribution in [0.5, 0.6) is 0 Å². The predicted molar refractivity (Wildman–Crippen MR) is 94.6 cm³/mol. The van der Waals surface area contributed by atoms with Gasteiger partial charge < -0.3 is 21.1 Å². The summed E-state index contributed by atoms with van der Waals surface area (Å²) < 4.78 is 1.65. The molecule has 1 heterocycles. The van der Waals surface area contributed by atoms with E-state index in [-0.39, 0.29) is 12.5 Å². The van der Waals surface area contributed by atoms with E-state index in [2.05, 4.69) is 26.0 Å². The van der Waals surface area contributed by atoms with Gasteiger partial charge in [0.05, 0.1) is 24.7 Å². The van der Waals surface area contributed by atoms with Crippen molar-refractivity contribution in [2.45, 2.75) is 33.3 Å². The first-order valence-corrected chi connectivity index (χ1v) is 8.08. The molecule has 0 aliphatic carbocycles. The Kier molecular flexibility index (Phi) is 6.77. The lowest BCUT2D eigenvalue weighted by Crippen LogP contribution is -2.45. The second-order valence-electron chi connectivity index (χ2n) is 6.69. The number of amides is 1. The Morgan fingerprint density at radius 1 is 1.38 bits per heavy atom. The Bertz CT molecular complexity index is 577. The minimum absolute atomic E-state index is 0.0653. The van der Waals surface area contributed by atoms with Gasteiger partial charge in [0.2, 0.25) is 5.91 Å². The van der Waals surface area contributed by atoms with Crippen molar-refractivity contribution in [3.8, 4) is 0 Å². The van der Waals surface area contributed by atoms with Crippen LogP contribution in [0.4, 0.5) is 0 Å².